The predicted molar refractivity (Wildman–Crippen MR) is 72.7 cm³/mol. The number of nitrogens with one attached hydrogen (secondary N) is 1. The van der Waals surface area contributed by atoms with Gasteiger partial charge in [-0.05, 0) is 23.9 Å². The van der Waals surface area contributed by atoms with Crippen LogP contribution in [0.5, 0.6) is 0 Å². The number of nitro benzene ring substituents is 1. The summed E-state index contributed by atoms with van der Waals surface area (Å²) >= 11 is 1.71. The minimum absolute atomic E-state index is 0.129. The van der Waals surface area contributed by atoms with E-state index in [1.54, 1.807) is 35.6 Å². The first kappa shape index (κ1) is 12.7. The standard InChI is InChI=1S/C13H14N2O2S/c1-10(14-9-13-3-2-8-18-13)11-4-6-12(7-5-11)15(16)17/h2-8,10,14H,9H2,1H3. The number of thiophene rings is 1. The molecule has 0 fully saturated rings. The highest BCUT2D eigenvalue weighted by Gasteiger charge is 2.08. The van der Waals surface area contributed by atoms with Gasteiger partial charge in [0.25, 0.3) is 5.69 Å². The number of hydrogen-bond acceptors (Lipinski definition) is 4. The average Bonchev–Trinajstić information content (AvgIpc) is 2.89. The Hall–Kier alpha value is -1.72. The van der Waals surface area contributed by atoms with Crippen LogP contribution in [-0.2, 0) is 6.54 Å². The monoisotopic (exact) mass is 262 g/mol. The third-order valence-corrected chi connectivity index (χ3v) is 3.64. The van der Waals surface area contributed by atoms with Gasteiger partial charge in [-0.15, -0.1) is 11.3 Å². The molecule has 0 spiro atoms. The Kier molecular flexibility index (Phi) is 4.07. The van der Waals surface area contributed by atoms with Crippen molar-refractivity contribution in [3.05, 3.63) is 62.3 Å². The minimum Gasteiger partial charge on any atom is -0.305 e. The normalized spacial score (nSPS) is 12.3. The summed E-state index contributed by atoms with van der Waals surface area (Å²) in [6.45, 7) is 2.87. The van der Waals surface area contributed by atoms with Gasteiger partial charge in [0.05, 0.1) is 4.92 Å². The minimum atomic E-state index is -0.381. The molecule has 2 rings (SSSR count). The van der Waals surface area contributed by atoms with Gasteiger partial charge in [-0.2, -0.15) is 0 Å². The summed E-state index contributed by atoms with van der Waals surface area (Å²) in [6.07, 6.45) is 0. The Balaban J connectivity index is 1.96. The molecular formula is C13H14N2O2S. The molecule has 0 saturated carbocycles. The first-order chi connectivity index (χ1) is 8.66. The summed E-state index contributed by atoms with van der Waals surface area (Å²) in [5.74, 6) is 0. The van der Waals surface area contributed by atoms with Crippen molar-refractivity contribution in [2.45, 2.75) is 19.5 Å². The van der Waals surface area contributed by atoms with Crippen LogP contribution in [0.2, 0.25) is 0 Å². The quantitative estimate of drug-likeness (QED) is 0.662. The Morgan fingerprint density at radius 1 is 1.33 bits per heavy atom. The number of nitrogens with zero attached hydrogens (tertiary/aromatic N) is 1. The van der Waals surface area contributed by atoms with Gasteiger partial charge >= 0.3 is 0 Å². The molecule has 1 aromatic carbocycles. The number of rotatable bonds is 5. The molecule has 1 N–H and O–H groups in total. The van der Waals surface area contributed by atoms with Crippen LogP contribution in [0.15, 0.2) is 41.8 Å². The largest absolute Gasteiger partial charge is 0.305 e. The fraction of sp³-hybridized carbons (Fsp3) is 0.231. The third kappa shape index (κ3) is 3.15. The molecule has 1 atom stereocenters. The van der Waals surface area contributed by atoms with Gasteiger partial charge in [-0.1, -0.05) is 18.2 Å². The van der Waals surface area contributed by atoms with Crippen molar-refractivity contribution in [1.82, 2.24) is 5.32 Å². The summed E-state index contributed by atoms with van der Waals surface area (Å²) in [5, 5.41) is 16.0. The lowest BCUT2D eigenvalue weighted by molar-refractivity contribution is -0.384. The zero-order chi connectivity index (χ0) is 13.0. The molecule has 4 nitrogen and oxygen atoms in total. The molecule has 1 aromatic heterocycles. The van der Waals surface area contributed by atoms with Crippen LogP contribution < -0.4 is 5.32 Å². The van der Waals surface area contributed by atoms with Crippen molar-refractivity contribution in [3.63, 3.8) is 0 Å². The summed E-state index contributed by atoms with van der Waals surface area (Å²) < 4.78 is 0. The molecular weight excluding hydrogens is 248 g/mol. The smallest absolute Gasteiger partial charge is 0.269 e. The van der Waals surface area contributed by atoms with Crippen LogP contribution in [0.3, 0.4) is 0 Å². The van der Waals surface area contributed by atoms with E-state index < -0.39 is 0 Å². The molecule has 94 valence electrons. The van der Waals surface area contributed by atoms with E-state index in [0.29, 0.717) is 0 Å². The lowest BCUT2D eigenvalue weighted by Gasteiger charge is -2.13. The van der Waals surface area contributed by atoms with Crippen molar-refractivity contribution in [2.75, 3.05) is 0 Å². The summed E-state index contributed by atoms with van der Waals surface area (Å²) in [6, 6.07) is 11.0. The maximum atomic E-state index is 10.6. The highest BCUT2D eigenvalue weighted by Crippen LogP contribution is 2.18. The molecule has 1 heterocycles. The van der Waals surface area contributed by atoms with Crippen LogP contribution >= 0.6 is 11.3 Å². The first-order valence-electron chi connectivity index (χ1n) is 5.67. The topological polar surface area (TPSA) is 55.2 Å². The van der Waals surface area contributed by atoms with Gasteiger partial charge in [-0.25, -0.2) is 0 Å². The van der Waals surface area contributed by atoms with Crippen LogP contribution in [0.4, 0.5) is 5.69 Å². The molecule has 0 aliphatic heterocycles. The van der Waals surface area contributed by atoms with E-state index in [4.69, 9.17) is 0 Å². The summed E-state index contributed by atoms with van der Waals surface area (Å²) in [4.78, 5) is 11.5. The number of nitro groups is 1. The van der Waals surface area contributed by atoms with E-state index in [-0.39, 0.29) is 16.7 Å². The highest BCUT2D eigenvalue weighted by molar-refractivity contribution is 7.09. The second kappa shape index (κ2) is 5.75. The van der Waals surface area contributed by atoms with E-state index in [9.17, 15) is 10.1 Å². The Morgan fingerprint density at radius 3 is 2.61 bits per heavy atom. The first-order valence-corrected chi connectivity index (χ1v) is 6.55. The lowest BCUT2D eigenvalue weighted by atomic mass is 10.1. The second-order valence-electron chi connectivity index (χ2n) is 4.03. The van der Waals surface area contributed by atoms with E-state index in [2.05, 4.69) is 18.3 Å². The number of benzene rings is 1. The highest BCUT2D eigenvalue weighted by atomic mass is 32.1. The van der Waals surface area contributed by atoms with Gasteiger partial charge in [0.2, 0.25) is 0 Å². The van der Waals surface area contributed by atoms with Crippen molar-refractivity contribution in [3.8, 4) is 0 Å². The van der Waals surface area contributed by atoms with Gasteiger partial charge < -0.3 is 5.32 Å². The van der Waals surface area contributed by atoms with Crippen LogP contribution in [0.25, 0.3) is 0 Å². The molecule has 5 heteroatoms. The maximum absolute atomic E-state index is 10.6. The van der Waals surface area contributed by atoms with Gasteiger partial charge in [0, 0.05) is 29.6 Å². The van der Waals surface area contributed by atoms with Crippen LogP contribution in [0, 0.1) is 10.1 Å². The van der Waals surface area contributed by atoms with E-state index in [0.717, 1.165) is 12.1 Å². The van der Waals surface area contributed by atoms with Gasteiger partial charge in [0.15, 0.2) is 0 Å². The van der Waals surface area contributed by atoms with Crippen LogP contribution in [0.1, 0.15) is 23.4 Å². The molecule has 0 aliphatic carbocycles. The molecule has 0 saturated heterocycles. The molecule has 0 aliphatic rings. The van der Waals surface area contributed by atoms with Crippen molar-refractivity contribution >= 4 is 17.0 Å². The van der Waals surface area contributed by atoms with E-state index >= 15 is 0 Å². The van der Waals surface area contributed by atoms with Crippen LogP contribution in [-0.4, -0.2) is 4.92 Å². The molecule has 1 unspecified atom stereocenters. The van der Waals surface area contributed by atoms with E-state index in [1.165, 1.54) is 4.88 Å². The summed E-state index contributed by atoms with van der Waals surface area (Å²) in [7, 11) is 0. The summed E-state index contributed by atoms with van der Waals surface area (Å²) in [5.41, 5.74) is 1.18. The molecule has 0 bridgehead atoms. The molecule has 0 radical (unpaired) electrons. The van der Waals surface area contributed by atoms with Crippen molar-refractivity contribution < 1.29 is 4.92 Å². The fourth-order valence-corrected chi connectivity index (χ4v) is 2.33. The number of hydrogen-bond donors (Lipinski definition) is 1. The zero-order valence-electron chi connectivity index (χ0n) is 10.00. The lowest BCUT2D eigenvalue weighted by Crippen LogP contribution is -2.17. The Bertz CT molecular complexity index is 508. The molecule has 2 aromatic rings. The Labute approximate surface area is 109 Å². The van der Waals surface area contributed by atoms with E-state index in [1.807, 2.05) is 11.4 Å². The van der Waals surface area contributed by atoms with Crippen molar-refractivity contribution in [1.29, 1.82) is 0 Å². The molecule has 0 amide bonds. The van der Waals surface area contributed by atoms with Gasteiger partial charge in [0.1, 0.15) is 0 Å². The van der Waals surface area contributed by atoms with Gasteiger partial charge in [-0.3, -0.25) is 10.1 Å². The number of non-ortho nitro benzene ring substituents is 1. The zero-order valence-corrected chi connectivity index (χ0v) is 10.8. The Morgan fingerprint density at radius 2 is 2.06 bits per heavy atom. The van der Waals surface area contributed by atoms with Crippen molar-refractivity contribution in [2.24, 2.45) is 0 Å². The SMILES string of the molecule is CC(NCc1cccs1)c1ccc([N+](=O)[O-])cc1. The maximum Gasteiger partial charge on any atom is 0.269 e. The predicted octanol–water partition coefficient (Wildman–Crippen LogP) is 3.51. The molecule has 18 heavy (non-hydrogen) atoms. The fourth-order valence-electron chi connectivity index (χ4n) is 1.67. The second-order valence-corrected chi connectivity index (χ2v) is 5.06. The third-order valence-electron chi connectivity index (χ3n) is 2.77. The average molecular weight is 262 g/mol.